The van der Waals surface area contributed by atoms with Gasteiger partial charge in [-0.3, -0.25) is 19.2 Å². The van der Waals surface area contributed by atoms with Gasteiger partial charge < -0.3 is 28.5 Å². The molecule has 4 unspecified atom stereocenters. The van der Waals surface area contributed by atoms with Crippen molar-refractivity contribution in [1.29, 1.82) is 0 Å². The largest absolute Gasteiger partial charge is 0.459 e. The molecule has 0 heterocycles. The topological polar surface area (TPSA) is 167 Å². The van der Waals surface area contributed by atoms with E-state index in [1.807, 2.05) is 6.92 Å². The summed E-state index contributed by atoms with van der Waals surface area (Å²) in [6.07, 6.45) is -3.06. The van der Waals surface area contributed by atoms with Gasteiger partial charge in [0.1, 0.15) is 12.2 Å². The SMILES string of the molecule is CCC(OC(C)=O)C(C)OC(C)=O.COC(OC(C)=O)C(OC(C)=O)C(=O)ON. The number of carbonyl (C=O) groups is 5. The van der Waals surface area contributed by atoms with Crippen molar-refractivity contribution in [3.8, 4) is 0 Å². The maximum absolute atomic E-state index is 11.1. The van der Waals surface area contributed by atoms with Crippen LogP contribution in [0.4, 0.5) is 0 Å². The van der Waals surface area contributed by atoms with Gasteiger partial charge in [0, 0.05) is 34.8 Å². The van der Waals surface area contributed by atoms with Crippen molar-refractivity contribution in [3.05, 3.63) is 0 Å². The van der Waals surface area contributed by atoms with Crippen molar-refractivity contribution in [3.63, 3.8) is 0 Å². The molecule has 12 heteroatoms. The molecule has 0 saturated carbocycles. The second-order valence-electron chi connectivity index (χ2n) is 5.55. The maximum atomic E-state index is 11.1. The van der Waals surface area contributed by atoms with Crippen LogP contribution in [0.2, 0.25) is 0 Å². The fourth-order valence-corrected chi connectivity index (χ4v) is 1.92. The lowest BCUT2D eigenvalue weighted by Gasteiger charge is -2.22. The summed E-state index contributed by atoms with van der Waals surface area (Å²) in [5.74, 6) is 1.33. The minimum atomic E-state index is -1.56. The average Bonchev–Trinajstić information content (AvgIpc) is 2.61. The molecule has 2 N–H and O–H groups in total. The van der Waals surface area contributed by atoms with Gasteiger partial charge in [0.15, 0.2) is 0 Å². The molecular weight excluding hydrogens is 394 g/mol. The van der Waals surface area contributed by atoms with E-state index in [1.54, 1.807) is 6.92 Å². The lowest BCUT2D eigenvalue weighted by molar-refractivity contribution is -0.212. The summed E-state index contributed by atoms with van der Waals surface area (Å²) in [6.45, 7) is 8.41. The van der Waals surface area contributed by atoms with E-state index in [0.717, 1.165) is 21.0 Å². The van der Waals surface area contributed by atoms with Gasteiger partial charge in [-0.2, -0.15) is 5.90 Å². The highest BCUT2D eigenvalue weighted by atomic mass is 16.7. The molecule has 0 aliphatic carbocycles. The Hall–Kier alpha value is -2.73. The lowest BCUT2D eigenvalue weighted by atomic mass is 10.2. The number of carbonyl (C=O) groups excluding carboxylic acids is 5. The van der Waals surface area contributed by atoms with Crippen LogP contribution in [0.1, 0.15) is 48.0 Å². The van der Waals surface area contributed by atoms with E-state index in [9.17, 15) is 24.0 Å². The first-order valence-corrected chi connectivity index (χ1v) is 8.51. The fourth-order valence-electron chi connectivity index (χ4n) is 1.92. The number of rotatable bonds is 9. The summed E-state index contributed by atoms with van der Waals surface area (Å²) in [5, 5.41) is 0. The van der Waals surface area contributed by atoms with E-state index in [4.69, 9.17) is 9.47 Å². The van der Waals surface area contributed by atoms with Crippen molar-refractivity contribution in [2.24, 2.45) is 5.90 Å². The minimum Gasteiger partial charge on any atom is -0.459 e. The van der Waals surface area contributed by atoms with Crippen molar-refractivity contribution in [2.75, 3.05) is 7.11 Å². The van der Waals surface area contributed by atoms with Gasteiger partial charge in [0.05, 0.1) is 0 Å². The fraction of sp³-hybridized carbons (Fsp3) is 0.706. The Balaban J connectivity index is 0. The number of nitrogens with two attached hydrogens (primary N) is 1. The van der Waals surface area contributed by atoms with Crippen LogP contribution in [-0.2, 0) is 52.5 Å². The first kappa shape index (κ1) is 28.5. The number of methoxy groups -OCH3 is 1. The van der Waals surface area contributed by atoms with Crippen LogP contribution in [0.15, 0.2) is 0 Å². The first-order chi connectivity index (χ1) is 13.4. The van der Waals surface area contributed by atoms with Crippen LogP contribution in [0, 0.1) is 0 Å². The molecule has 0 rings (SSSR count). The van der Waals surface area contributed by atoms with E-state index < -0.39 is 30.3 Å². The molecule has 0 radical (unpaired) electrons. The van der Waals surface area contributed by atoms with E-state index in [2.05, 4.69) is 24.9 Å². The highest BCUT2D eigenvalue weighted by Crippen LogP contribution is 2.09. The lowest BCUT2D eigenvalue weighted by Crippen LogP contribution is -2.43. The molecule has 29 heavy (non-hydrogen) atoms. The third-order valence-electron chi connectivity index (χ3n) is 3.00. The molecule has 0 aromatic rings. The van der Waals surface area contributed by atoms with Crippen LogP contribution in [-0.4, -0.2) is 61.6 Å². The van der Waals surface area contributed by atoms with Crippen molar-refractivity contribution in [2.45, 2.75) is 72.6 Å². The van der Waals surface area contributed by atoms with Crippen LogP contribution in [0.5, 0.6) is 0 Å². The summed E-state index contributed by atoms with van der Waals surface area (Å²) < 4.78 is 23.7. The quantitative estimate of drug-likeness (QED) is 0.231. The Labute approximate surface area is 168 Å². The standard InChI is InChI=1S/C9H16O4.C8H13NO7/c1-5-9(13-8(4)11)6(2)12-7(3)10;1-4(10)14-6(7(12)16-9)8(13-3)15-5(2)11/h6,9H,5H2,1-4H3;6,8H,9H2,1-3H3. The molecule has 0 aromatic heterocycles. The van der Waals surface area contributed by atoms with Gasteiger partial charge in [0.25, 0.3) is 12.4 Å². The third-order valence-corrected chi connectivity index (χ3v) is 3.00. The van der Waals surface area contributed by atoms with Crippen molar-refractivity contribution >= 4 is 29.8 Å². The van der Waals surface area contributed by atoms with Gasteiger partial charge in [-0.15, -0.1) is 0 Å². The molecule has 12 nitrogen and oxygen atoms in total. The van der Waals surface area contributed by atoms with Gasteiger partial charge in [-0.1, -0.05) is 6.92 Å². The van der Waals surface area contributed by atoms with E-state index in [0.29, 0.717) is 6.42 Å². The van der Waals surface area contributed by atoms with Crippen LogP contribution in [0.3, 0.4) is 0 Å². The van der Waals surface area contributed by atoms with Crippen LogP contribution in [0.25, 0.3) is 0 Å². The number of hydrogen-bond donors (Lipinski definition) is 1. The van der Waals surface area contributed by atoms with E-state index in [1.165, 1.54) is 13.8 Å². The zero-order valence-electron chi connectivity index (χ0n) is 17.6. The summed E-state index contributed by atoms with van der Waals surface area (Å²) in [5.41, 5.74) is 0. The van der Waals surface area contributed by atoms with Gasteiger partial charge in [-0.25, -0.2) is 4.79 Å². The van der Waals surface area contributed by atoms with Crippen LogP contribution >= 0.6 is 0 Å². The number of hydrogen-bond acceptors (Lipinski definition) is 12. The maximum Gasteiger partial charge on any atom is 0.372 e. The summed E-state index contributed by atoms with van der Waals surface area (Å²) in [7, 11) is 1.16. The molecule has 168 valence electrons. The molecule has 0 bridgehead atoms. The van der Waals surface area contributed by atoms with Gasteiger partial charge >= 0.3 is 29.8 Å². The second kappa shape index (κ2) is 15.2. The minimum absolute atomic E-state index is 0.346. The first-order valence-electron chi connectivity index (χ1n) is 8.51. The summed E-state index contributed by atoms with van der Waals surface area (Å²) in [6, 6.07) is 0. The van der Waals surface area contributed by atoms with Crippen molar-refractivity contribution < 1.29 is 52.5 Å². The zero-order valence-corrected chi connectivity index (χ0v) is 17.6. The number of esters is 4. The van der Waals surface area contributed by atoms with Crippen LogP contribution < -0.4 is 5.90 Å². The molecular formula is C17H29NO11. The predicted octanol–water partition coefficient (Wildman–Crippen LogP) is 0.150. The molecule has 0 aliphatic heterocycles. The monoisotopic (exact) mass is 423 g/mol. The molecule has 0 saturated heterocycles. The number of ether oxygens (including phenoxy) is 5. The molecule has 0 spiro atoms. The second-order valence-corrected chi connectivity index (χ2v) is 5.55. The van der Waals surface area contributed by atoms with Gasteiger partial charge in [0.2, 0.25) is 0 Å². The molecule has 0 aliphatic rings. The van der Waals surface area contributed by atoms with E-state index in [-0.39, 0.29) is 24.1 Å². The normalized spacial score (nSPS) is 13.9. The Bertz CT molecular complexity index is 564. The molecule has 0 fully saturated rings. The highest BCUT2D eigenvalue weighted by molar-refractivity contribution is 5.79. The Kier molecular flexibility index (Phi) is 14.9. The Morgan fingerprint density at radius 1 is 0.793 bits per heavy atom. The molecule has 0 aromatic carbocycles. The highest BCUT2D eigenvalue weighted by Gasteiger charge is 2.35. The molecule has 4 atom stereocenters. The smallest absolute Gasteiger partial charge is 0.372 e. The zero-order chi connectivity index (χ0) is 23.1. The van der Waals surface area contributed by atoms with Gasteiger partial charge in [-0.05, 0) is 13.3 Å². The molecule has 0 amide bonds. The van der Waals surface area contributed by atoms with Crippen molar-refractivity contribution in [1.82, 2.24) is 0 Å². The summed E-state index contributed by atoms with van der Waals surface area (Å²) >= 11 is 0. The average molecular weight is 423 g/mol. The Morgan fingerprint density at radius 2 is 1.24 bits per heavy atom. The third kappa shape index (κ3) is 14.0. The summed E-state index contributed by atoms with van der Waals surface area (Å²) in [4.78, 5) is 57.7. The predicted molar refractivity (Wildman–Crippen MR) is 95.5 cm³/mol. The van der Waals surface area contributed by atoms with E-state index >= 15 is 0 Å². The Morgan fingerprint density at radius 3 is 1.55 bits per heavy atom.